The second kappa shape index (κ2) is 6.73. The molecule has 1 aromatic carbocycles. The molecule has 0 fully saturated rings. The molecule has 0 aromatic heterocycles. The van der Waals surface area contributed by atoms with Gasteiger partial charge in [0, 0.05) is 11.6 Å². The van der Waals surface area contributed by atoms with E-state index in [1.807, 2.05) is 13.0 Å². The molecular formula is C18H11Cl4NO2. The largest absolute Gasteiger partial charge is 0.293 e. The van der Waals surface area contributed by atoms with Gasteiger partial charge in [-0.25, -0.2) is 0 Å². The summed E-state index contributed by atoms with van der Waals surface area (Å²) in [7, 11) is 0. The number of allylic oxidation sites excluding steroid dienone is 4. The van der Waals surface area contributed by atoms with Crippen molar-refractivity contribution < 1.29 is 9.59 Å². The SMILES string of the molecule is C=C/C=C1/N=C(C2C(=O)c3c(Cl)c(Cl)c(Cl)c(Cl)c3C2=O)C=CC1C. The van der Waals surface area contributed by atoms with Crippen molar-refractivity contribution in [1.82, 2.24) is 0 Å². The van der Waals surface area contributed by atoms with Crippen molar-refractivity contribution in [3.63, 3.8) is 0 Å². The standard InChI is InChI=1S/C18H11Cl4NO2/c1-3-4-8-7(2)5-6-9(23-8)10-17(24)11-12(18(10)25)14(20)16(22)15(21)13(11)19/h3-7,10H,1H2,2H3/b8-4+. The van der Waals surface area contributed by atoms with Gasteiger partial charge in [-0.3, -0.25) is 14.6 Å². The fourth-order valence-corrected chi connectivity index (χ4v) is 3.91. The van der Waals surface area contributed by atoms with Gasteiger partial charge >= 0.3 is 0 Å². The van der Waals surface area contributed by atoms with E-state index in [0.717, 1.165) is 0 Å². The van der Waals surface area contributed by atoms with Gasteiger partial charge in [0.15, 0.2) is 11.6 Å². The van der Waals surface area contributed by atoms with Crippen LogP contribution >= 0.6 is 46.4 Å². The number of nitrogens with zero attached hydrogens (tertiary/aromatic N) is 1. The van der Waals surface area contributed by atoms with Crippen LogP contribution in [-0.2, 0) is 0 Å². The molecule has 1 aliphatic carbocycles. The van der Waals surface area contributed by atoms with Gasteiger partial charge in [-0.1, -0.05) is 72.1 Å². The number of benzene rings is 1. The molecule has 0 radical (unpaired) electrons. The van der Waals surface area contributed by atoms with E-state index in [1.165, 1.54) is 0 Å². The second-order valence-corrected chi connectivity index (χ2v) is 7.19. The van der Waals surface area contributed by atoms with E-state index < -0.39 is 17.5 Å². The average molecular weight is 415 g/mol. The minimum absolute atomic E-state index is 0.0000360. The van der Waals surface area contributed by atoms with Crippen LogP contribution in [0.5, 0.6) is 0 Å². The monoisotopic (exact) mass is 413 g/mol. The molecule has 0 bridgehead atoms. The van der Waals surface area contributed by atoms with Crippen LogP contribution in [-0.4, -0.2) is 17.3 Å². The molecule has 3 nitrogen and oxygen atoms in total. The average Bonchev–Trinajstić information content (AvgIpc) is 2.84. The summed E-state index contributed by atoms with van der Waals surface area (Å²) < 4.78 is 0. The number of carbonyl (C=O) groups excluding carboxylic acids is 2. The number of ketones is 2. The molecule has 3 rings (SSSR count). The molecule has 0 saturated heterocycles. The Labute approximate surface area is 164 Å². The number of aliphatic imine (C=N–C) groups is 1. The fraction of sp³-hybridized carbons (Fsp3) is 0.167. The Morgan fingerprint density at radius 1 is 1.00 bits per heavy atom. The minimum atomic E-state index is -1.11. The van der Waals surface area contributed by atoms with E-state index in [1.54, 1.807) is 18.2 Å². The maximum Gasteiger partial charge on any atom is 0.182 e. The molecule has 0 spiro atoms. The highest BCUT2D eigenvalue weighted by molar-refractivity contribution is 6.56. The molecule has 1 atom stereocenters. The maximum atomic E-state index is 12.9. The van der Waals surface area contributed by atoms with Crippen molar-refractivity contribution in [1.29, 1.82) is 0 Å². The van der Waals surface area contributed by atoms with E-state index >= 15 is 0 Å². The number of dihydropyridines is 1. The van der Waals surface area contributed by atoms with Crippen LogP contribution in [0.25, 0.3) is 0 Å². The smallest absolute Gasteiger partial charge is 0.182 e. The number of rotatable bonds is 2. The Morgan fingerprint density at radius 3 is 2.00 bits per heavy atom. The lowest BCUT2D eigenvalue weighted by Crippen LogP contribution is -2.26. The predicted molar refractivity (Wildman–Crippen MR) is 103 cm³/mol. The Morgan fingerprint density at radius 2 is 1.52 bits per heavy atom. The number of Topliss-reactive ketones (excluding diaryl/α,β-unsaturated/α-hetero) is 2. The van der Waals surface area contributed by atoms with Gasteiger partial charge in [0.1, 0.15) is 5.92 Å². The van der Waals surface area contributed by atoms with Crippen molar-refractivity contribution in [3.05, 3.63) is 67.8 Å². The topological polar surface area (TPSA) is 46.5 Å². The first-order chi connectivity index (χ1) is 11.8. The van der Waals surface area contributed by atoms with Crippen molar-refractivity contribution >= 4 is 63.7 Å². The molecular weight excluding hydrogens is 404 g/mol. The third-order valence-electron chi connectivity index (χ3n) is 4.15. The molecule has 0 N–H and O–H groups in total. The highest BCUT2D eigenvalue weighted by atomic mass is 35.5. The Balaban J connectivity index is 2.16. The zero-order valence-electron chi connectivity index (χ0n) is 12.9. The third-order valence-corrected chi connectivity index (χ3v) is 5.95. The van der Waals surface area contributed by atoms with Crippen molar-refractivity contribution in [2.24, 2.45) is 16.8 Å². The highest BCUT2D eigenvalue weighted by Gasteiger charge is 2.46. The quantitative estimate of drug-likeness (QED) is 0.337. The van der Waals surface area contributed by atoms with Crippen molar-refractivity contribution in [2.75, 3.05) is 0 Å². The first-order valence-corrected chi connectivity index (χ1v) is 8.84. The van der Waals surface area contributed by atoms with E-state index in [4.69, 9.17) is 46.4 Å². The normalized spacial score (nSPS) is 21.7. The summed E-state index contributed by atoms with van der Waals surface area (Å²) in [5.41, 5.74) is 1.04. The predicted octanol–water partition coefficient (Wildman–Crippen LogP) is 6.01. The summed E-state index contributed by atoms with van der Waals surface area (Å²) in [5, 5.41) is -0.225. The first kappa shape index (κ1) is 18.4. The lowest BCUT2D eigenvalue weighted by Gasteiger charge is -2.17. The molecule has 1 aromatic rings. The van der Waals surface area contributed by atoms with E-state index in [-0.39, 0.29) is 37.1 Å². The minimum Gasteiger partial charge on any atom is -0.293 e. The lowest BCUT2D eigenvalue weighted by atomic mass is 9.93. The second-order valence-electron chi connectivity index (χ2n) is 5.68. The van der Waals surface area contributed by atoms with Gasteiger partial charge < -0.3 is 0 Å². The van der Waals surface area contributed by atoms with Gasteiger partial charge in [-0.05, 0) is 12.2 Å². The molecule has 7 heteroatoms. The molecule has 1 heterocycles. The van der Waals surface area contributed by atoms with Gasteiger partial charge in [0.05, 0.1) is 36.9 Å². The van der Waals surface area contributed by atoms with Crippen LogP contribution in [0.2, 0.25) is 20.1 Å². The number of carbonyl (C=O) groups is 2. The van der Waals surface area contributed by atoms with Crippen LogP contribution in [0.3, 0.4) is 0 Å². The fourth-order valence-electron chi connectivity index (χ4n) is 2.87. The molecule has 0 saturated carbocycles. The molecule has 1 unspecified atom stereocenters. The van der Waals surface area contributed by atoms with Crippen LogP contribution in [0.1, 0.15) is 27.6 Å². The lowest BCUT2D eigenvalue weighted by molar-refractivity contribution is 0.0884. The van der Waals surface area contributed by atoms with E-state index in [9.17, 15) is 9.59 Å². The van der Waals surface area contributed by atoms with Gasteiger partial charge in [-0.2, -0.15) is 0 Å². The van der Waals surface area contributed by atoms with Crippen LogP contribution in [0, 0.1) is 11.8 Å². The number of halogens is 4. The Hall–Kier alpha value is -1.39. The molecule has 25 heavy (non-hydrogen) atoms. The molecule has 0 amide bonds. The first-order valence-electron chi connectivity index (χ1n) is 7.33. The van der Waals surface area contributed by atoms with E-state index in [2.05, 4.69) is 11.6 Å². The van der Waals surface area contributed by atoms with Gasteiger partial charge in [0.25, 0.3) is 0 Å². The summed E-state index contributed by atoms with van der Waals surface area (Å²) in [6.45, 7) is 5.60. The summed E-state index contributed by atoms with van der Waals surface area (Å²) in [6, 6.07) is 0. The van der Waals surface area contributed by atoms with Crippen molar-refractivity contribution in [2.45, 2.75) is 6.92 Å². The summed E-state index contributed by atoms with van der Waals surface area (Å²) in [6.07, 6.45) is 6.87. The molecule has 2 aliphatic rings. The van der Waals surface area contributed by atoms with Gasteiger partial charge in [0.2, 0.25) is 0 Å². The molecule has 1 aliphatic heterocycles. The van der Waals surface area contributed by atoms with Crippen LogP contribution in [0.15, 0.2) is 41.6 Å². The van der Waals surface area contributed by atoms with Gasteiger partial charge in [-0.15, -0.1) is 0 Å². The molecule has 128 valence electrons. The Bertz CT molecular complexity index is 881. The number of hydrogen-bond donors (Lipinski definition) is 0. The van der Waals surface area contributed by atoms with E-state index in [0.29, 0.717) is 11.4 Å². The van der Waals surface area contributed by atoms with Crippen LogP contribution < -0.4 is 0 Å². The number of fused-ring (bicyclic) bond motifs is 1. The summed E-state index contributed by atoms with van der Waals surface area (Å²) >= 11 is 24.3. The zero-order chi connectivity index (χ0) is 18.5. The zero-order valence-corrected chi connectivity index (χ0v) is 16.0. The number of hydrogen-bond acceptors (Lipinski definition) is 3. The third kappa shape index (κ3) is 2.80. The van der Waals surface area contributed by atoms with Crippen LogP contribution in [0.4, 0.5) is 0 Å². The Kier molecular flexibility index (Phi) is 4.95. The maximum absolute atomic E-state index is 12.9. The summed E-state index contributed by atoms with van der Waals surface area (Å²) in [4.78, 5) is 30.2. The highest BCUT2D eigenvalue weighted by Crippen LogP contribution is 2.46. The van der Waals surface area contributed by atoms with Crippen molar-refractivity contribution in [3.8, 4) is 0 Å². The summed E-state index contributed by atoms with van der Waals surface area (Å²) in [5.74, 6) is -2.04.